The Morgan fingerprint density at radius 3 is 2.81 bits per heavy atom. The third-order valence-corrected chi connectivity index (χ3v) is 5.93. The Hall–Kier alpha value is -2.87. The van der Waals surface area contributed by atoms with Gasteiger partial charge in [0.1, 0.15) is 12.2 Å². The van der Waals surface area contributed by atoms with E-state index in [4.69, 9.17) is 10.5 Å². The van der Waals surface area contributed by atoms with Crippen molar-refractivity contribution in [3.63, 3.8) is 0 Å². The number of hydrogen-bond acceptors (Lipinski definition) is 6. The van der Waals surface area contributed by atoms with Crippen LogP contribution in [0.25, 0.3) is 0 Å². The van der Waals surface area contributed by atoms with Crippen molar-refractivity contribution in [3.05, 3.63) is 35.4 Å². The van der Waals surface area contributed by atoms with Gasteiger partial charge in [-0.25, -0.2) is 0 Å². The van der Waals surface area contributed by atoms with Crippen LogP contribution < -0.4 is 25.6 Å². The second kappa shape index (κ2) is 9.51. The predicted octanol–water partition coefficient (Wildman–Crippen LogP) is 1.76. The van der Waals surface area contributed by atoms with Crippen molar-refractivity contribution >= 4 is 23.2 Å². The quantitative estimate of drug-likeness (QED) is 0.596. The van der Waals surface area contributed by atoms with E-state index in [1.165, 1.54) is 31.5 Å². The third kappa shape index (κ3) is 5.25. The maximum atomic E-state index is 12.3. The zero-order valence-electron chi connectivity index (χ0n) is 18.5. The molecule has 1 fully saturated rings. The highest BCUT2D eigenvalue weighted by molar-refractivity contribution is 6.03. The van der Waals surface area contributed by atoms with Gasteiger partial charge in [0.2, 0.25) is 5.91 Å². The molecule has 1 aromatic heterocycles. The number of carbonyl (C=O) groups is 1. The van der Waals surface area contributed by atoms with Crippen LogP contribution in [-0.2, 0) is 17.9 Å². The molecular weight excluding hydrogens is 392 g/mol. The number of carbonyl (C=O) groups excluding carboxylic acids is 1. The van der Waals surface area contributed by atoms with Gasteiger partial charge in [0, 0.05) is 24.9 Å². The van der Waals surface area contributed by atoms with Crippen molar-refractivity contribution in [3.8, 4) is 6.01 Å². The molecule has 8 heteroatoms. The van der Waals surface area contributed by atoms with E-state index in [-0.39, 0.29) is 30.4 Å². The van der Waals surface area contributed by atoms with Gasteiger partial charge in [0.05, 0.1) is 25.7 Å². The average molecular weight is 426 g/mol. The fourth-order valence-electron chi connectivity index (χ4n) is 4.45. The fraction of sp³-hybridized carbons (Fsp3) is 0.522. The molecule has 3 heterocycles. The highest BCUT2D eigenvalue weighted by Gasteiger charge is 2.28. The van der Waals surface area contributed by atoms with Gasteiger partial charge in [-0.1, -0.05) is 31.5 Å². The van der Waals surface area contributed by atoms with E-state index in [1.54, 1.807) is 4.90 Å². The van der Waals surface area contributed by atoms with Crippen LogP contribution in [0.3, 0.4) is 0 Å². The molecule has 0 bridgehead atoms. The van der Waals surface area contributed by atoms with E-state index in [0.29, 0.717) is 18.1 Å². The molecule has 4 rings (SSSR count). The van der Waals surface area contributed by atoms with Crippen LogP contribution in [0.1, 0.15) is 50.7 Å². The molecule has 1 aromatic carbocycles. The number of likely N-dealkylation sites (tertiary alicyclic amines) is 1. The molecule has 1 amide bonds. The number of aromatic nitrogens is 2. The predicted molar refractivity (Wildman–Crippen MR) is 121 cm³/mol. The summed E-state index contributed by atoms with van der Waals surface area (Å²) in [4.78, 5) is 24.8. The highest BCUT2D eigenvalue weighted by Crippen LogP contribution is 2.34. The number of amides is 1. The van der Waals surface area contributed by atoms with Crippen LogP contribution in [0.5, 0.6) is 6.01 Å². The molecular formula is C23H33N6O2+. The Morgan fingerprint density at radius 2 is 2.03 bits per heavy atom. The molecule has 0 radical (unpaired) electrons. The van der Waals surface area contributed by atoms with Crippen LogP contribution in [0.4, 0.5) is 17.3 Å². The minimum absolute atomic E-state index is 0.00106. The second-order valence-electron chi connectivity index (χ2n) is 8.67. The number of rotatable bonds is 8. The SMILES string of the molecule is CCC[C@@H](C)Oc1nc(N)c2c(n1)N(Cc1cccc(C[NH+]3CCCC3)c1)CC(=O)N2. The van der Waals surface area contributed by atoms with E-state index >= 15 is 0 Å². The molecule has 0 aliphatic carbocycles. The van der Waals surface area contributed by atoms with Crippen molar-refractivity contribution in [2.75, 3.05) is 35.6 Å². The molecule has 0 spiro atoms. The molecule has 166 valence electrons. The van der Waals surface area contributed by atoms with Crippen molar-refractivity contribution in [2.24, 2.45) is 0 Å². The molecule has 4 N–H and O–H groups in total. The first-order valence-corrected chi connectivity index (χ1v) is 11.3. The van der Waals surface area contributed by atoms with Crippen LogP contribution in [0.15, 0.2) is 24.3 Å². The normalized spacial score (nSPS) is 17.4. The number of anilines is 3. The first-order valence-electron chi connectivity index (χ1n) is 11.3. The van der Waals surface area contributed by atoms with Gasteiger partial charge in [0.25, 0.3) is 0 Å². The Balaban J connectivity index is 1.55. The van der Waals surface area contributed by atoms with Crippen LogP contribution >= 0.6 is 0 Å². The number of nitrogens with two attached hydrogens (primary N) is 1. The number of nitrogens with zero attached hydrogens (tertiary/aromatic N) is 3. The molecule has 2 aliphatic heterocycles. The van der Waals surface area contributed by atoms with Crippen molar-refractivity contribution in [2.45, 2.75) is 58.7 Å². The first-order chi connectivity index (χ1) is 15.0. The lowest BCUT2D eigenvalue weighted by Gasteiger charge is -2.30. The molecule has 0 saturated carbocycles. The van der Waals surface area contributed by atoms with Crippen molar-refractivity contribution in [1.82, 2.24) is 9.97 Å². The summed E-state index contributed by atoms with van der Waals surface area (Å²) in [6.45, 7) is 8.44. The van der Waals surface area contributed by atoms with Gasteiger partial charge in [-0.2, -0.15) is 9.97 Å². The first kappa shape index (κ1) is 21.4. The lowest BCUT2D eigenvalue weighted by molar-refractivity contribution is -0.901. The van der Waals surface area contributed by atoms with E-state index < -0.39 is 0 Å². The summed E-state index contributed by atoms with van der Waals surface area (Å²) in [6, 6.07) is 8.88. The minimum atomic E-state index is -0.117. The summed E-state index contributed by atoms with van der Waals surface area (Å²) in [5, 5.41) is 2.82. The largest absolute Gasteiger partial charge is 0.460 e. The summed E-state index contributed by atoms with van der Waals surface area (Å²) < 4.78 is 5.88. The lowest BCUT2D eigenvalue weighted by Crippen LogP contribution is -3.08. The van der Waals surface area contributed by atoms with Gasteiger partial charge in [-0.3, -0.25) is 4.79 Å². The number of fused-ring (bicyclic) bond motifs is 1. The van der Waals surface area contributed by atoms with Crippen molar-refractivity contribution in [1.29, 1.82) is 0 Å². The Morgan fingerprint density at radius 1 is 1.26 bits per heavy atom. The monoisotopic (exact) mass is 425 g/mol. The van der Waals surface area contributed by atoms with Gasteiger partial charge in [-0.05, 0) is 25.0 Å². The number of ether oxygens (including phenoxy) is 1. The minimum Gasteiger partial charge on any atom is -0.460 e. The number of benzene rings is 1. The van der Waals surface area contributed by atoms with Gasteiger partial charge < -0.3 is 25.6 Å². The summed E-state index contributed by atoms with van der Waals surface area (Å²) in [5.74, 6) is 0.725. The van der Waals surface area contributed by atoms with Gasteiger partial charge in [-0.15, -0.1) is 0 Å². The average Bonchev–Trinajstić information content (AvgIpc) is 3.22. The van der Waals surface area contributed by atoms with Crippen LogP contribution in [0.2, 0.25) is 0 Å². The molecule has 1 atom stereocenters. The van der Waals surface area contributed by atoms with E-state index in [1.807, 2.05) is 11.8 Å². The van der Waals surface area contributed by atoms with E-state index in [2.05, 4.69) is 46.5 Å². The summed E-state index contributed by atoms with van der Waals surface area (Å²) in [7, 11) is 0. The molecule has 2 aromatic rings. The van der Waals surface area contributed by atoms with Crippen LogP contribution in [-0.4, -0.2) is 41.6 Å². The molecule has 8 nitrogen and oxygen atoms in total. The van der Waals surface area contributed by atoms with E-state index in [0.717, 1.165) is 24.9 Å². The lowest BCUT2D eigenvalue weighted by atomic mass is 10.1. The zero-order valence-corrected chi connectivity index (χ0v) is 18.5. The van der Waals surface area contributed by atoms with Crippen molar-refractivity contribution < 1.29 is 14.4 Å². The third-order valence-electron chi connectivity index (χ3n) is 5.93. The fourth-order valence-corrected chi connectivity index (χ4v) is 4.45. The zero-order chi connectivity index (χ0) is 21.8. The highest BCUT2D eigenvalue weighted by atomic mass is 16.5. The smallest absolute Gasteiger partial charge is 0.320 e. The molecule has 0 unspecified atom stereocenters. The maximum absolute atomic E-state index is 12.3. The second-order valence-corrected chi connectivity index (χ2v) is 8.67. The maximum Gasteiger partial charge on any atom is 0.320 e. The van der Waals surface area contributed by atoms with E-state index in [9.17, 15) is 4.79 Å². The molecule has 31 heavy (non-hydrogen) atoms. The Labute approximate surface area is 183 Å². The topological polar surface area (TPSA) is 97.8 Å². The van der Waals surface area contributed by atoms with Gasteiger partial charge in [0.15, 0.2) is 11.6 Å². The Bertz CT molecular complexity index is 928. The summed E-state index contributed by atoms with van der Waals surface area (Å²) in [6.07, 6.45) is 4.55. The number of quaternary nitrogens is 1. The summed E-state index contributed by atoms with van der Waals surface area (Å²) in [5.41, 5.74) is 9.09. The Kier molecular flexibility index (Phi) is 6.56. The van der Waals surface area contributed by atoms with Crippen LogP contribution in [0, 0.1) is 0 Å². The number of nitrogens with one attached hydrogen (secondary N) is 2. The summed E-state index contributed by atoms with van der Waals surface area (Å²) >= 11 is 0. The molecule has 1 saturated heterocycles. The standard InChI is InChI=1S/C23H32N6O2/c1-3-7-16(2)31-23-26-21(24)20-22(27-23)29(15-19(30)25-20)14-18-9-6-8-17(12-18)13-28-10-4-5-11-28/h6,8-9,12,16H,3-5,7,10-11,13-15H2,1-2H3,(H,25,30)(H2,24,26,27)/p+1/t16-/m1/s1. The van der Waals surface area contributed by atoms with Gasteiger partial charge >= 0.3 is 6.01 Å². The number of nitrogen functional groups attached to an aromatic ring is 1. The molecule has 2 aliphatic rings. The number of hydrogen-bond donors (Lipinski definition) is 3.